The number of carbonyl (C=O) groups excluding carboxylic acids is 1. The van der Waals surface area contributed by atoms with E-state index in [9.17, 15) is 4.79 Å². The van der Waals surface area contributed by atoms with Gasteiger partial charge < -0.3 is 43.4 Å². The highest BCUT2D eigenvalue weighted by atomic mass is 16.5. The first-order valence-electron chi connectivity index (χ1n) is 13.3. The Morgan fingerprint density at radius 1 is 0.479 bits per heavy atom. The zero-order chi connectivity index (χ0) is 30.8. The summed E-state index contributed by atoms with van der Waals surface area (Å²) in [7, 11) is 11.6. The lowest BCUT2D eigenvalue weighted by atomic mass is 10.2. The maximum atomic E-state index is 10.5. The van der Waals surface area contributed by atoms with Gasteiger partial charge in [-0.1, -0.05) is 109 Å². The fourth-order valence-corrected chi connectivity index (χ4v) is 2.48. The Kier molecular flexibility index (Phi) is 174. The maximum Gasteiger partial charge on any atom is 0.158 e. The van der Waals surface area contributed by atoms with Crippen molar-refractivity contribution < 1.29 is 48.2 Å². The summed E-state index contributed by atoms with van der Waals surface area (Å²) in [6.07, 6.45) is 2.80. The molecule has 0 bridgehead atoms. The number of Topliss-reactive ketones (excluding diaryl/α,β-unsaturated/α-hetero) is 1. The van der Waals surface area contributed by atoms with E-state index in [2.05, 4.69) is 13.8 Å². The minimum Gasteiger partial charge on any atom is -0.396 e. The monoisotopic (exact) mass is 721 g/mol. The number of methoxy groups -OCH3 is 7. The molecule has 0 aromatic carbocycles. The van der Waals surface area contributed by atoms with Crippen LogP contribution in [0.15, 0.2) is 0 Å². The standard InChI is InChI=1S/2C6H14O2.C6H12O2.2C5H12O2.10CH4/c1-6(4-7-2)5-8-3;1-4-6(8-3)5-7-2;1-4-6(8-3)5(2)7;1-5(3-6)4-7-2;1-3-5(4-6)7-2;;;;;;;;;;/h2*6H,4-5H2,1-3H3;6H,4H2,1-3H3;2*5-6H,3-4H2,1-2H3;10*1H4. The number of carbonyl (C=O) groups is 1. The van der Waals surface area contributed by atoms with E-state index >= 15 is 0 Å². The molecule has 0 rings (SSSR count). The SMILES string of the molecule is C.C.C.C.C.C.C.C.C.C.CCC(CO)OC.CCC(COC)OC.CCC(OC)C(C)=O.COCC(C)CO.COCC(C)COC. The van der Waals surface area contributed by atoms with E-state index in [1.54, 1.807) is 49.8 Å². The van der Waals surface area contributed by atoms with Crippen molar-refractivity contribution in [1.29, 1.82) is 0 Å². The molecule has 0 aliphatic carbocycles. The molecule has 0 saturated heterocycles. The number of aliphatic hydroxyl groups is 2. The smallest absolute Gasteiger partial charge is 0.158 e. The van der Waals surface area contributed by atoms with Gasteiger partial charge in [-0.05, 0) is 26.2 Å². The van der Waals surface area contributed by atoms with E-state index < -0.39 is 0 Å². The molecule has 316 valence electrons. The van der Waals surface area contributed by atoms with E-state index in [0.717, 1.165) is 32.5 Å². The van der Waals surface area contributed by atoms with Gasteiger partial charge in [0, 0.05) is 68.2 Å². The normalized spacial score (nSPS) is 10.4. The van der Waals surface area contributed by atoms with E-state index in [1.165, 1.54) is 6.92 Å². The summed E-state index contributed by atoms with van der Waals surface area (Å²) in [6.45, 7) is 14.8. The first-order valence-corrected chi connectivity index (χ1v) is 13.3. The second kappa shape index (κ2) is 85.7. The van der Waals surface area contributed by atoms with Gasteiger partial charge in [-0.25, -0.2) is 0 Å². The van der Waals surface area contributed by atoms with Crippen molar-refractivity contribution in [1.82, 2.24) is 0 Å². The van der Waals surface area contributed by atoms with Crippen LogP contribution in [0.4, 0.5) is 0 Å². The van der Waals surface area contributed by atoms with Gasteiger partial charge in [0.05, 0.1) is 45.2 Å². The quantitative estimate of drug-likeness (QED) is 0.150. The van der Waals surface area contributed by atoms with Gasteiger partial charge in [0.25, 0.3) is 0 Å². The summed E-state index contributed by atoms with van der Waals surface area (Å²) >= 11 is 0. The van der Waals surface area contributed by atoms with Gasteiger partial charge in [0.2, 0.25) is 0 Å². The Morgan fingerprint density at radius 2 is 0.792 bits per heavy atom. The summed E-state index contributed by atoms with van der Waals surface area (Å²) in [6, 6.07) is 0. The van der Waals surface area contributed by atoms with Gasteiger partial charge in [0.15, 0.2) is 5.78 Å². The second-order valence-corrected chi connectivity index (χ2v) is 8.67. The van der Waals surface area contributed by atoms with E-state index in [0.29, 0.717) is 19.1 Å². The zero-order valence-electron chi connectivity index (χ0n) is 26.9. The minimum atomic E-state index is -0.185. The molecule has 10 heteroatoms. The van der Waals surface area contributed by atoms with Crippen LogP contribution in [0.5, 0.6) is 0 Å². The molecule has 0 saturated carbocycles. The van der Waals surface area contributed by atoms with Crippen LogP contribution < -0.4 is 0 Å². The molecule has 0 amide bonds. The second-order valence-electron chi connectivity index (χ2n) is 8.67. The number of hydrogen-bond acceptors (Lipinski definition) is 10. The number of aliphatic hydroxyl groups excluding tert-OH is 2. The lowest BCUT2D eigenvalue weighted by Crippen LogP contribution is -2.18. The van der Waals surface area contributed by atoms with Gasteiger partial charge in [-0.3, -0.25) is 4.79 Å². The molecule has 2 N–H and O–H groups in total. The maximum absolute atomic E-state index is 10.5. The molecule has 4 atom stereocenters. The Morgan fingerprint density at radius 3 is 0.875 bits per heavy atom. The predicted octanol–water partition coefficient (Wildman–Crippen LogP) is 10.00. The third-order valence-corrected chi connectivity index (χ3v) is 4.91. The molecule has 0 fully saturated rings. The van der Waals surface area contributed by atoms with Crippen LogP contribution in [-0.2, 0) is 38.0 Å². The fourth-order valence-electron chi connectivity index (χ4n) is 2.48. The molecule has 0 aromatic heterocycles. The zero-order valence-corrected chi connectivity index (χ0v) is 26.9. The van der Waals surface area contributed by atoms with Gasteiger partial charge in [-0.2, -0.15) is 0 Å². The Bertz CT molecular complexity index is 393. The van der Waals surface area contributed by atoms with Crippen molar-refractivity contribution in [3.05, 3.63) is 0 Å². The van der Waals surface area contributed by atoms with Crippen LogP contribution in [-0.4, -0.2) is 124 Å². The van der Waals surface area contributed by atoms with Gasteiger partial charge in [-0.15, -0.1) is 0 Å². The van der Waals surface area contributed by atoms with Crippen LogP contribution in [0.2, 0.25) is 0 Å². The fraction of sp³-hybridized carbons (Fsp3) is 0.974. The van der Waals surface area contributed by atoms with Crippen molar-refractivity contribution in [2.45, 2.75) is 153 Å². The first-order chi connectivity index (χ1) is 18.0. The first kappa shape index (κ1) is 97.2. The van der Waals surface area contributed by atoms with E-state index in [4.69, 9.17) is 43.4 Å². The van der Waals surface area contributed by atoms with Crippen molar-refractivity contribution in [2.24, 2.45) is 11.8 Å². The number of rotatable bonds is 17. The highest BCUT2D eigenvalue weighted by Crippen LogP contribution is 1.96. The highest BCUT2D eigenvalue weighted by Gasteiger charge is 2.07. The lowest BCUT2D eigenvalue weighted by Gasteiger charge is -2.09. The molecule has 0 aromatic rings. The summed E-state index contributed by atoms with van der Waals surface area (Å²) in [4.78, 5) is 10.5. The third kappa shape index (κ3) is 90.7. The average Bonchev–Trinajstić information content (AvgIpc) is 2.90. The Labute approximate surface area is 308 Å². The molecule has 0 spiro atoms. The molecule has 0 aliphatic heterocycles. The van der Waals surface area contributed by atoms with Crippen LogP contribution in [0.25, 0.3) is 0 Å². The van der Waals surface area contributed by atoms with Crippen molar-refractivity contribution >= 4 is 5.78 Å². The Balaban J connectivity index is -0.0000000208. The Hall–Kier alpha value is -0.690. The summed E-state index contributed by atoms with van der Waals surface area (Å²) in [5, 5.41) is 16.8. The molecule has 10 nitrogen and oxygen atoms in total. The molecule has 4 unspecified atom stereocenters. The summed E-state index contributed by atoms with van der Waals surface area (Å²) in [5.41, 5.74) is 0. The third-order valence-electron chi connectivity index (χ3n) is 4.91. The van der Waals surface area contributed by atoms with Crippen LogP contribution in [0.3, 0.4) is 0 Å². The molecular formula is C38H104O10. The molecule has 0 heterocycles. The minimum absolute atomic E-state index is 0. The van der Waals surface area contributed by atoms with Crippen LogP contribution in [0, 0.1) is 11.8 Å². The summed E-state index contributed by atoms with van der Waals surface area (Å²) in [5.74, 6) is 0.907. The van der Waals surface area contributed by atoms with Crippen LogP contribution in [0.1, 0.15) is 135 Å². The van der Waals surface area contributed by atoms with Crippen molar-refractivity contribution in [3.63, 3.8) is 0 Å². The average molecular weight is 721 g/mol. The predicted molar refractivity (Wildman–Crippen MR) is 221 cm³/mol. The number of ketones is 1. The number of ether oxygens (including phenoxy) is 7. The van der Waals surface area contributed by atoms with E-state index in [-0.39, 0.29) is 117 Å². The van der Waals surface area contributed by atoms with Crippen LogP contribution >= 0.6 is 0 Å². The van der Waals surface area contributed by atoms with Gasteiger partial charge in [0.1, 0.15) is 6.10 Å². The number of hydrogen-bond donors (Lipinski definition) is 2. The molecule has 0 radical (unpaired) electrons. The lowest BCUT2D eigenvalue weighted by molar-refractivity contribution is -0.126. The largest absolute Gasteiger partial charge is 0.396 e. The molecule has 0 aliphatic rings. The highest BCUT2D eigenvalue weighted by molar-refractivity contribution is 5.80. The molecule has 48 heavy (non-hydrogen) atoms. The molecular weight excluding hydrogens is 616 g/mol. The van der Waals surface area contributed by atoms with Gasteiger partial charge >= 0.3 is 0 Å². The van der Waals surface area contributed by atoms with Crippen molar-refractivity contribution in [2.75, 3.05) is 89.4 Å². The summed E-state index contributed by atoms with van der Waals surface area (Å²) < 4.78 is 34.0. The van der Waals surface area contributed by atoms with E-state index in [1.807, 2.05) is 20.8 Å². The van der Waals surface area contributed by atoms with Crippen molar-refractivity contribution in [3.8, 4) is 0 Å². The topological polar surface area (TPSA) is 122 Å².